The van der Waals surface area contributed by atoms with Gasteiger partial charge in [-0.05, 0) is 41.5 Å². The molecule has 78 valence electrons. The van der Waals surface area contributed by atoms with Crippen molar-refractivity contribution in [2.75, 3.05) is 0 Å². The molecule has 1 aromatic carbocycles. The van der Waals surface area contributed by atoms with Crippen LogP contribution in [-0.2, 0) is 22.7 Å². The van der Waals surface area contributed by atoms with Crippen LogP contribution < -0.4 is 0 Å². The van der Waals surface area contributed by atoms with Crippen LogP contribution in [0, 0.1) is 0 Å². The van der Waals surface area contributed by atoms with Crippen molar-refractivity contribution in [3.05, 3.63) is 34.4 Å². The van der Waals surface area contributed by atoms with Gasteiger partial charge in [-0.2, -0.15) is 0 Å². The highest BCUT2D eigenvalue weighted by Gasteiger charge is 2.36. The smallest absolute Gasteiger partial charge is 0.0836 e. The first-order chi connectivity index (χ1) is 7.43. The first-order valence-corrected chi connectivity index (χ1v) is 5.81. The zero-order valence-corrected chi connectivity index (χ0v) is 8.66. The van der Waals surface area contributed by atoms with E-state index in [1.807, 2.05) is 0 Å². The monoisotopic (exact) mass is 202 g/mol. The minimum absolute atomic E-state index is 0.363. The predicted octanol–water partition coefficient (Wildman–Crippen LogP) is 3.01. The number of hydrogen-bond acceptors (Lipinski definition) is 2. The van der Waals surface area contributed by atoms with Crippen LogP contribution >= 0.6 is 0 Å². The summed E-state index contributed by atoms with van der Waals surface area (Å²) in [5.41, 5.74) is 5.76. The van der Waals surface area contributed by atoms with Gasteiger partial charge in [0.05, 0.1) is 25.4 Å². The fraction of sp³-hybridized carbons (Fsp3) is 0.538. The summed E-state index contributed by atoms with van der Waals surface area (Å²) in [5, 5.41) is 0. The Bertz CT molecular complexity index is 386. The molecule has 2 heterocycles. The van der Waals surface area contributed by atoms with Crippen molar-refractivity contribution in [2.24, 2.45) is 0 Å². The van der Waals surface area contributed by atoms with Gasteiger partial charge in [0.15, 0.2) is 0 Å². The Kier molecular flexibility index (Phi) is 1.57. The number of benzene rings is 1. The molecule has 2 nitrogen and oxygen atoms in total. The third-order valence-corrected chi connectivity index (χ3v) is 3.92. The lowest BCUT2D eigenvalue weighted by molar-refractivity contribution is 0.0506. The van der Waals surface area contributed by atoms with E-state index in [0.717, 1.165) is 13.2 Å². The fourth-order valence-corrected chi connectivity index (χ4v) is 3.23. The molecule has 0 amide bonds. The molecule has 0 fully saturated rings. The standard InChI is InChI=1S/C13H14O2/c1-2-10-12-8(6-14-10)4-5-9-7-15-11(3-1)13(9)12/h4-5,10-11H,1-3,6-7H2/t10-,11-/m1/s1. The lowest BCUT2D eigenvalue weighted by Crippen LogP contribution is -1.99. The van der Waals surface area contributed by atoms with Crippen LogP contribution in [0.3, 0.4) is 0 Å². The first-order valence-electron chi connectivity index (χ1n) is 5.81. The molecule has 3 aliphatic rings. The number of ether oxygens (including phenoxy) is 2. The van der Waals surface area contributed by atoms with Crippen LogP contribution in [0.4, 0.5) is 0 Å². The highest BCUT2D eigenvalue weighted by Crippen LogP contribution is 2.48. The Morgan fingerprint density at radius 2 is 1.40 bits per heavy atom. The molecule has 0 radical (unpaired) electrons. The van der Waals surface area contributed by atoms with Gasteiger partial charge >= 0.3 is 0 Å². The maximum absolute atomic E-state index is 5.86. The van der Waals surface area contributed by atoms with E-state index in [-0.39, 0.29) is 0 Å². The Balaban J connectivity index is 2.01. The predicted molar refractivity (Wildman–Crippen MR) is 55.4 cm³/mol. The maximum Gasteiger partial charge on any atom is 0.0836 e. The summed E-state index contributed by atoms with van der Waals surface area (Å²) in [6.45, 7) is 1.61. The van der Waals surface area contributed by atoms with Crippen LogP contribution in [0.25, 0.3) is 0 Å². The number of hydrogen-bond donors (Lipinski definition) is 0. The third-order valence-electron chi connectivity index (χ3n) is 3.92. The van der Waals surface area contributed by atoms with Crippen LogP contribution in [0.2, 0.25) is 0 Å². The molecule has 0 spiro atoms. The molecule has 2 aliphatic heterocycles. The van der Waals surface area contributed by atoms with Crippen molar-refractivity contribution < 1.29 is 9.47 Å². The van der Waals surface area contributed by atoms with E-state index < -0.39 is 0 Å². The van der Waals surface area contributed by atoms with Crippen LogP contribution in [-0.4, -0.2) is 0 Å². The summed E-state index contributed by atoms with van der Waals surface area (Å²) in [4.78, 5) is 0. The van der Waals surface area contributed by atoms with Crippen molar-refractivity contribution >= 4 is 0 Å². The summed E-state index contributed by atoms with van der Waals surface area (Å²) in [6.07, 6.45) is 4.29. The summed E-state index contributed by atoms with van der Waals surface area (Å²) in [5.74, 6) is 0. The first kappa shape index (κ1) is 8.31. The second-order valence-electron chi connectivity index (χ2n) is 4.74. The summed E-state index contributed by atoms with van der Waals surface area (Å²) >= 11 is 0. The van der Waals surface area contributed by atoms with Gasteiger partial charge in [0.1, 0.15) is 0 Å². The average Bonchev–Trinajstić information content (AvgIpc) is 2.78. The van der Waals surface area contributed by atoms with Crippen molar-refractivity contribution in [3.8, 4) is 0 Å². The molecule has 0 unspecified atom stereocenters. The molecule has 0 saturated carbocycles. The van der Waals surface area contributed by atoms with Gasteiger partial charge in [-0.25, -0.2) is 0 Å². The van der Waals surface area contributed by atoms with Gasteiger partial charge in [-0.3, -0.25) is 0 Å². The molecular formula is C13H14O2. The molecule has 1 aliphatic carbocycles. The molecular weight excluding hydrogens is 188 g/mol. The normalized spacial score (nSPS) is 31.5. The molecule has 2 atom stereocenters. The van der Waals surface area contributed by atoms with Gasteiger partial charge in [-0.1, -0.05) is 12.1 Å². The van der Waals surface area contributed by atoms with E-state index in [9.17, 15) is 0 Å². The van der Waals surface area contributed by atoms with Gasteiger partial charge in [0.2, 0.25) is 0 Å². The Morgan fingerprint density at radius 3 is 1.93 bits per heavy atom. The van der Waals surface area contributed by atoms with E-state index in [2.05, 4.69) is 12.1 Å². The Labute approximate surface area is 89.2 Å². The molecule has 0 saturated heterocycles. The largest absolute Gasteiger partial charge is 0.369 e. The molecule has 0 aromatic heterocycles. The van der Waals surface area contributed by atoms with Crippen LogP contribution in [0.15, 0.2) is 12.1 Å². The van der Waals surface area contributed by atoms with Crippen molar-refractivity contribution in [3.63, 3.8) is 0 Å². The quantitative estimate of drug-likeness (QED) is 0.643. The summed E-state index contributed by atoms with van der Waals surface area (Å²) in [6, 6.07) is 4.45. The maximum atomic E-state index is 5.86. The van der Waals surface area contributed by atoms with Crippen LogP contribution in [0.5, 0.6) is 0 Å². The third kappa shape index (κ3) is 1.01. The van der Waals surface area contributed by atoms with E-state index in [1.54, 1.807) is 0 Å². The van der Waals surface area contributed by atoms with E-state index >= 15 is 0 Å². The highest BCUT2D eigenvalue weighted by molar-refractivity contribution is 5.47. The molecule has 1 aromatic rings. The fourth-order valence-electron chi connectivity index (χ4n) is 3.23. The molecule has 0 N–H and O–H groups in total. The van der Waals surface area contributed by atoms with Crippen molar-refractivity contribution in [1.82, 2.24) is 0 Å². The van der Waals surface area contributed by atoms with E-state index in [1.165, 1.54) is 41.5 Å². The lowest BCUT2D eigenvalue weighted by atomic mass is 9.93. The zero-order valence-electron chi connectivity index (χ0n) is 8.66. The van der Waals surface area contributed by atoms with Gasteiger partial charge in [-0.15, -0.1) is 0 Å². The molecule has 2 heteroatoms. The Morgan fingerprint density at radius 1 is 0.867 bits per heavy atom. The molecule has 0 bridgehead atoms. The zero-order chi connectivity index (χ0) is 9.83. The summed E-state index contributed by atoms with van der Waals surface area (Å²) in [7, 11) is 0. The SMILES string of the molecule is c1cc2c3c4c1CO[C@@H]4CCC[C@H]3OC2. The minimum atomic E-state index is 0.363. The highest BCUT2D eigenvalue weighted by atomic mass is 16.5. The summed E-state index contributed by atoms with van der Waals surface area (Å²) < 4.78 is 11.7. The second-order valence-corrected chi connectivity index (χ2v) is 4.74. The van der Waals surface area contributed by atoms with Gasteiger partial charge in [0, 0.05) is 0 Å². The number of rotatable bonds is 0. The van der Waals surface area contributed by atoms with Crippen molar-refractivity contribution in [2.45, 2.75) is 44.7 Å². The van der Waals surface area contributed by atoms with E-state index in [0.29, 0.717) is 12.2 Å². The Hall–Kier alpha value is -0.860. The molecule has 15 heavy (non-hydrogen) atoms. The lowest BCUT2D eigenvalue weighted by Gasteiger charge is -2.12. The molecule has 4 rings (SSSR count). The van der Waals surface area contributed by atoms with Crippen molar-refractivity contribution in [1.29, 1.82) is 0 Å². The topological polar surface area (TPSA) is 18.5 Å². The van der Waals surface area contributed by atoms with Crippen LogP contribution in [0.1, 0.15) is 53.7 Å². The average molecular weight is 202 g/mol. The van der Waals surface area contributed by atoms with Gasteiger partial charge < -0.3 is 9.47 Å². The second kappa shape index (κ2) is 2.83. The van der Waals surface area contributed by atoms with E-state index in [4.69, 9.17) is 9.47 Å². The minimum Gasteiger partial charge on any atom is -0.369 e. The van der Waals surface area contributed by atoms with Gasteiger partial charge in [0.25, 0.3) is 0 Å².